The van der Waals surface area contributed by atoms with Gasteiger partial charge < -0.3 is 15.2 Å². The lowest BCUT2D eigenvalue weighted by Gasteiger charge is -2.49. The summed E-state index contributed by atoms with van der Waals surface area (Å²) in [7, 11) is 1.67. The Bertz CT molecular complexity index is 928. The molecular weight excluding hydrogens is 358 g/mol. The SMILES string of the molecule is CC[C@@H]1[C@H](c2ccccc2)N[C@H](c2ccccc2)C[C@]1(O)c1ccccc1OC. The van der Waals surface area contributed by atoms with E-state index < -0.39 is 5.60 Å². The van der Waals surface area contributed by atoms with Crippen LogP contribution in [-0.4, -0.2) is 12.2 Å². The number of aliphatic hydroxyl groups is 1. The summed E-state index contributed by atoms with van der Waals surface area (Å²) in [5, 5.41) is 16.1. The van der Waals surface area contributed by atoms with Crippen LogP contribution in [0.25, 0.3) is 0 Å². The van der Waals surface area contributed by atoms with Crippen molar-refractivity contribution in [2.75, 3.05) is 7.11 Å². The molecule has 1 aliphatic heterocycles. The highest BCUT2D eigenvalue weighted by Gasteiger charge is 2.49. The minimum atomic E-state index is -1.01. The Labute approximate surface area is 173 Å². The largest absolute Gasteiger partial charge is 0.496 e. The maximum atomic E-state index is 12.3. The van der Waals surface area contributed by atoms with Crippen LogP contribution in [0.1, 0.15) is 48.5 Å². The van der Waals surface area contributed by atoms with E-state index in [4.69, 9.17) is 4.74 Å². The first-order valence-corrected chi connectivity index (χ1v) is 10.4. The van der Waals surface area contributed by atoms with Crippen molar-refractivity contribution in [3.8, 4) is 5.75 Å². The van der Waals surface area contributed by atoms with Crippen molar-refractivity contribution in [2.24, 2.45) is 5.92 Å². The van der Waals surface area contributed by atoms with Gasteiger partial charge in [-0.15, -0.1) is 0 Å². The van der Waals surface area contributed by atoms with Gasteiger partial charge >= 0.3 is 0 Å². The fourth-order valence-corrected chi connectivity index (χ4v) is 4.90. The van der Waals surface area contributed by atoms with Crippen LogP contribution in [0.2, 0.25) is 0 Å². The van der Waals surface area contributed by atoms with Gasteiger partial charge in [-0.3, -0.25) is 0 Å². The lowest BCUT2D eigenvalue weighted by atomic mass is 9.67. The highest BCUT2D eigenvalue weighted by Crippen LogP contribution is 2.51. The first kappa shape index (κ1) is 19.7. The molecule has 0 amide bonds. The van der Waals surface area contributed by atoms with Crippen molar-refractivity contribution in [3.05, 3.63) is 102 Å². The van der Waals surface area contributed by atoms with Crippen molar-refractivity contribution < 1.29 is 9.84 Å². The maximum absolute atomic E-state index is 12.3. The van der Waals surface area contributed by atoms with E-state index in [0.29, 0.717) is 6.42 Å². The van der Waals surface area contributed by atoms with E-state index in [0.717, 1.165) is 17.7 Å². The number of nitrogens with one attached hydrogen (secondary N) is 1. The van der Waals surface area contributed by atoms with Gasteiger partial charge in [-0.2, -0.15) is 0 Å². The molecule has 3 nitrogen and oxygen atoms in total. The number of rotatable bonds is 5. The number of benzene rings is 3. The standard InChI is InChI=1S/C26H29NO2/c1-3-21-25(20-14-8-5-9-15-20)27-23(19-12-6-4-7-13-19)18-26(21,28)22-16-10-11-17-24(22)29-2/h4-17,21,23,25,27-28H,3,18H2,1-2H3/t21-,23+,25+,26-/m1/s1. The summed E-state index contributed by atoms with van der Waals surface area (Å²) in [6, 6.07) is 28.9. The van der Waals surface area contributed by atoms with Crippen LogP contribution < -0.4 is 10.1 Å². The zero-order valence-corrected chi connectivity index (χ0v) is 17.1. The second kappa shape index (κ2) is 8.40. The molecule has 1 fully saturated rings. The summed E-state index contributed by atoms with van der Waals surface area (Å²) in [6.07, 6.45) is 1.45. The molecular formula is C26H29NO2. The van der Waals surface area contributed by atoms with Gasteiger partial charge in [0.1, 0.15) is 5.75 Å². The summed E-state index contributed by atoms with van der Waals surface area (Å²) in [4.78, 5) is 0. The van der Waals surface area contributed by atoms with E-state index in [9.17, 15) is 5.11 Å². The number of methoxy groups -OCH3 is 1. The van der Waals surface area contributed by atoms with E-state index in [2.05, 4.69) is 60.8 Å². The summed E-state index contributed by atoms with van der Waals surface area (Å²) >= 11 is 0. The van der Waals surface area contributed by atoms with E-state index in [1.165, 1.54) is 11.1 Å². The smallest absolute Gasteiger partial charge is 0.124 e. The molecule has 1 aliphatic rings. The third kappa shape index (κ3) is 3.68. The van der Waals surface area contributed by atoms with E-state index in [-0.39, 0.29) is 18.0 Å². The Hall–Kier alpha value is -2.62. The van der Waals surface area contributed by atoms with E-state index in [1.807, 2.05) is 36.4 Å². The zero-order chi connectivity index (χ0) is 20.3. The highest BCUT2D eigenvalue weighted by molar-refractivity contribution is 5.41. The zero-order valence-electron chi connectivity index (χ0n) is 17.1. The summed E-state index contributed by atoms with van der Waals surface area (Å²) < 4.78 is 5.66. The van der Waals surface area contributed by atoms with Gasteiger partial charge in [0.05, 0.1) is 12.7 Å². The van der Waals surface area contributed by atoms with Gasteiger partial charge in [-0.25, -0.2) is 0 Å². The average Bonchev–Trinajstić information content (AvgIpc) is 2.79. The predicted molar refractivity (Wildman–Crippen MR) is 117 cm³/mol. The second-order valence-corrected chi connectivity index (χ2v) is 7.86. The number of hydrogen-bond donors (Lipinski definition) is 2. The van der Waals surface area contributed by atoms with E-state index >= 15 is 0 Å². The quantitative estimate of drug-likeness (QED) is 0.617. The van der Waals surface area contributed by atoms with Crippen molar-refractivity contribution in [1.82, 2.24) is 5.32 Å². The van der Waals surface area contributed by atoms with Gasteiger partial charge in [-0.05, 0) is 23.6 Å². The first-order valence-electron chi connectivity index (χ1n) is 10.4. The molecule has 0 radical (unpaired) electrons. The third-order valence-corrected chi connectivity index (χ3v) is 6.29. The molecule has 0 saturated carbocycles. The Morgan fingerprint density at radius 1 is 0.897 bits per heavy atom. The van der Waals surface area contributed by atoms with Gasteiger partial charge in [0.15, 0.2) is 0 Å². The molecule has 3 aromatic rings. The van der Waals surface area contributed by atoms with Crippen LogP contribution >= 0.6 is 0 Å². The van der Waals surface area contributed by atoms with Crippen LogP contribution in [0.4, 0.5) is 0 Å². The summed E-state index contributed by atoms with van der Waals surface area (Å²) in [6.45, 7) is 2.16. The Kier molecular flexibility index (Phi) is 5.70. The number of ether oxygens (including phenoxy) is 1. The molecule has 29 heavy (non-hydrogen) atoms. The monoisotopic (exact) mass is 387 g/mol. The Morgan fingerprint density at radius 3 is 2.10 bits per heavy atom. The highest BCUT2D eigenvalue weighted by atomic mass is 16.5. The van der Waals surface area contributed by atoms with Gasteiger partial charge in [0.2, 0.25) is 0 Å². The van der Waals surface area contributed by atoms with Crippen molar-refractivity contribution in [3.63, 3.8) is 0 Å². The minimum Gasteiger partial charge on any atom is -0.496 e. The van der Waals surface area contributed by atoms with Crippen molar-refractivity contribution >= 4 is 0 Å². The van der Waals surface area contributed by atoms with Crippen molar-refractivity contribution in [2.45, 2.75) is 37.5 Å². The first-order chi connectivity index (χ1) is 14.2. The fourth-order valence-electron chi connectivity index (χ4n) is 4.90. The molecule has 3 aromatic carbocycles. The molecule has 2 N–H and O–H groups in total. The van der Waals surface area contributed by atoms with Crippen LogP contribution in [0, 0.1) is 5.92 Å². The maximum Gasteiger partial charge on any atom is 0.124 e. The topological polar surface area (TPSA) is 41.5 Å². The number of hydrogen-bond acceptors (Lipinski definition) is 3. The molecule has 1 heterocycles. The number of piperidine rings is 1. The summed E-state index contributed by atoms with van der Waals surface area (Å²) in [5.74, 6) is 0.759. The molecule has 150 valence electrons. The molecule has 0 bridgehead atoms. The predicted octanol–water partition coefficient (Wildman–Crippen LogP) is 5.38. The fraction of sp³-hybridized carbons (Fsp3) is 0.308. The molecule has 4 rings (SSSR count). The molecule has 1 saturated heterocycles. The normalized spacial score (nSPS) is 26.8. The van der Waals surface area contributed by atoms with Crippen LogP contribution in [0.3, 0.4) is 0 Å². The molecule has 0 unspecified atom stereocenters. The van der Waals surface area contributed by atoms with Gasteiger partial charge in [0.25, 0.3) is 0 Å². The lowest BCUT2D eigenvalue weighted by molar-refractivity contribution is -0.0842. The van der Waals surface area contributed by atoms with Crippen LogP contribution in [-0.2, 0) is 5.60 Å². The van der Waals surface area contributed by atoms with Gasteiger partial charge in [0, 0.05) is 30.0 Å². The third-order valence-electron chi connectivity index (χ3n) is 6.29. The Balaban J connectivity index is 1.85. The van der Waals surface area contributed by atoms with Gasteiger partial charge in [-0.1, -0.05) is 85.8 Å². The summed E-state index contributed by atoms with van der Waals surface area (Å²) in [5.41, 5.74) is 2.26. The van der Waals surface area contributed by atoms with Crippen molar-refractivity contribution in [1.29, 1.82) is 0 Å². The lowest BCUT2D eigenvalue weighted by Crippen LogP contribution is -2.51. The number of para-hydroxylation sites is 1. The van der Waals surface area contributed by atoms with E-state index in [1.54, 1.807) is 7.11 Å². The van der Waals surface area contributed by atoms with Crippen LogP contribution in [0.5, 0.6) is 5.75 Å². The minimum absolute atomic E-state index is 0.0150. The average molecular weight is 388 g/mol. The molecule has 3 heteroatoms. The Morgan fingerprint density at radius 2 is 1.48 bits per heavy atom. The molecule has 0 aliphatic carbocycles. The van der Waals surface area contributed by atoms with Crippen LogP contribution in [0.15, 0.2) is 84.9 Å². The molecule has 4 atom stereocenters. The second-order valence-electron chi connectivity index (χ2n) is 7.86. The molecule has 0 aromatic heterocycles. The molecule has 0 spiro atoms.